The maximum Gasteiger partial charge on any atom is 0.250 e. The van der Waals surface area contributed by atoms with Crippen molar-refractivity contribution in [1.82, 2.24) is 39.5 Å². The van der Waals surface area contributed by atoms with E-state index in [0.717, 1.165) is 29.4 Å². The van der Waals surface area contributed by atoms with E-state index in [2.05, 4.69) is 48.4 Å². The van der Waals surface area contributed by atoms with Gasteiger partial charge < -0.3 is 15.5 Å². The van der Waals surface area contributed by atoms with E-state index < -0.39 is 17.7 Å². The molecule has 5 aromatic rings. The molecule has 258 valence electrons. The highest BCUT2D eigenvalue weighted by molar-refractivity contribution is 9.10. The molecule has 2 atom stereocenters. The zero-order valence-electron chi connectivity index (χ0n) is 27.4. The molecule has 0 saturated carbocycles. The van der Waals surface area contributed by atoms with Gasteiger partial charge in [-0.05, 0) is 51.2 Å². The number of halogens is 3. The Morgan fingerprint density at radius 1 is 1.02 bits per heavy atom. The van der Waals surface area contributed by atoms with Crippen LogP contribution in [0.15, 0.2) is 83.6 Å². The van der Waals surface area contributed by atoms with Gasteiger partial charge in [0.2, 0.25) is 11.8 Å². The molecule has 4 heterocycles. The molecule has 0 aliphatic carbocycles. The number of carbonyl (C=O) groups is 2. The predicted octanol–water partition coefficient (Wildman–Crippen LogP) is 4.90. The summed E-state index contributed by atoms with van der Waals surface area (Å²) in [5.41, 5.74) is 9.95. The molecule has 0 bridgehead atoms. The zero-order chi connectivity index (χ0) is 34.9. The maximum atomic E-state index is 14.6. The molecular formula is C36H36BrF2N9O2. The third-order valence-corrected chi connectivity index (χ3v) is 10.4. The number of fused-ring (bicyclic) bond motifs is 1. The average molecular weight is 745 g/mol. The highest BCUT2D eigenvalue weighted by Crippen LogP contribution is 2.36. The van der Waals surface area contributed by atoms with Crippen molar-refractivity contribution in [2.24, 2.45) is 7.05 Å². The Morgan fingerprint density at radius 2 is 1.80 bits per heavy atom. The van der Waals surface area contributed by atoms with Crippen molar-refractivity contribution in [3.05, 3.63) is 118 Å². The SMILES string of the molecule is Cn1nccc1C1CN(C(=O)C2c3ccccc3CCN2C(=O)CCn2cc(-c3cc(F)c(Br)c(F)c3N)nn2)CCN1Cc1ccccc1. The molecule has 14 heteroatoms. The molecule has 1 saturated heterocycles. The van der Waals surface area contributed by atoms with Gasteiger partial charge >= 0.3 is 0 Å². The normalized spacial score (nSPS) is 17.9. The number of piperazine rings is 1. The number of amides is 2. The fourth-order valence-corrected chi connectivity index (χ4v) is 7.33. The molecule has 0 spiro atoms. The molecule has 2 N–H and O–H groups in total. The molecule has 2 aliphatic heterocycles. The molecule has 7 rings (SSSR count). The van der Waals surface area contributed by atoms with Gasteiger partial charge in [-0.25, -0.2) is 8.78 Å². The lowest BCUT2D eigenvalue weighted by Gasteiger charge is -2.45. The van der Waals surface area contributed by atoms with Crippen molar-refractivity contribution in [2.75, 3.05) is 31.9 Å². The van der Waals surface area contributed by atoms with E-state index in [1.54, 1.807) is 11.1 Å². The number of aryl methyl sites for hydroxylation is 2. The molecular weight excluding hydrogens is 708 g/mol. The number of hydrogen-bond acceptors (Lipinski definition) is 7. The highest BCUT2D eigenvalue weighted by Gasteiger charge is 2.41. The second-order valence-corrected chi connectivity index (χ2v) is 13.4. The van der Waals surface area contributed by atoms with Crippen LogP contribution >= 0.6 is 15.9 Å². The summed E-state index contributed by atoms with van der Waals surface area (Å²) in [7, 11) is 1.91. The number of nitrogen functional groups attached to an aromatic ring is 1. The van der Waals surface area contributed by atoms with Gasteiger partial charge in [-0.1, -0.05) is 59.8 Å². The molecule has 2 amide bonds. The molecule has 1 fully saturated rings. The quantitative estimate of drug-likeness (QED) is 0.178. The monoisotopic (exact) mass is 743 g/mol. The number of anilines is 1. The molecule has 2 aromatic heterocycles. The van der Waals surface area contributed by atoms with Crippen LogP contribution in [0.5, 0.6) is 0 Å². The van der Waals surface area contributed by atoms with Gasteiger partial charge in [-0.3, -0.25) is 23.9 Å². The number of rotatable bonds is 8. The van der Waals surface area contributed by atoms with E-state index in [9.17, 15) is 18.4 Å². The lowest BCUT2D eigenvalue weighted by molar-refractivity contribution is -0.149. The van der Waals surface area contributed by atoms with E-state index in [-0.39, 0.29) is 52.2 Å². The van der Waals surface area contributed by atoms with Gasteiger partial charge in [0.25, 0.3) is 0 Å². The predicted molar refractivity (Wildman–Crippen MR) is 186 cm³/mol. The van der Waals surface area contributed by atoms with Crippen LogP contribution in [0.1, 0.15) is 40.9 Å². The molecule has 50 heavy (non-hydrogen) atoms. The van der Waals surface area contributed by atoms with Crippen LogP contribution in [0.4, 0.5) is 14.5 Å². The van der Waals surface area contributed by atoms with Crippen molar-refractivity contribution in [2.45, 2.75) is 38.0 Å². The van der Waals surface area contributed by atoms with Crippen molar-refractivity contribution >= 4 is 33.4 Å². The number of hydrogen-bond donors (Lipinski definition) is 1. The minimum Gasteiger partial charge on any atom is -0.396 e. The van der Waals surface area contributed by atoms with Crippen LogP contribution < -0.4 is 5.73 Å². The van der Waals surface area contributed by atoms with Crippen LogP contribution in [0.2, 0.25) is 0 Å². The largest absolute Gasteiger partial charge is 0.396 e. The minimum atomic E-state index is -0.921. The number of nitrogens with two attached hydrogens (primary N) is 1. The van der Waals surface area contributed by atoms with E-state index in [1.165, 1.54) is 16.4 Å². The van der Waals surface area contributed by atoms with Crippen LogP contribution in [-0.2, 0) is 36.1 Å². The van der Waals surface area contributed by atoms with Crippen molar-refractivity contribution in [3.8, 4) is 11.3 Å². The Labute approximate surface area is 296 Å². The summed E-state index contributed by atoms with van der Waals surface area (Å²) in [6, 6.07) is 20.3. The summed E-state index contributed by atoms with van der Waals surface area (Å²) in [5.74, 6) is -2.06. The summed E-state index contributed by atoms with van der Waals surface area (Å²) >= 11 is 2.85. The lowest BCUT2D eigenvalue weighted by atomic mass is 9.91. The van der Waals surface area contributed by atoms with Crippen LogP contribution in [0.25, 0.3) is 11.3 Å². The Hall–Kier alpha value is -4.95. The van der Waals surface area contributed by atoms with Crippen LogP contribution in [0, 0.1) is 11.6 Å². The smallest absolute Gasteiger partial charge is 0.250 e. The number of benzene rings is 3. The third-order valence-electron chi connectivity index (χ3n) is 9.64. The molecule has 2 unspecified atom stereocenters. The first-order chi connectivity index (χ1) is 24.2. The average Bonchev–Trinajstić information content (AvgIpc) is 3.80. The molecule has 0 radical (unpaired) electrons. The summed E-state index contributed by atoms with van der Waals surface area (Å²) in [6.07, 6.45) is 3.93. The minimum absolute atomic E-state index is 0.0375. The fraction of sp³-hybridized carbons (Fsp3) is 0.306. The summed E-state index contributed by atoms with van der Waals surface area (Å²) in [5, 5.41) is 12.5. The lowest BCUT2D eigenvalue weighted by Crippen LogP contribution is -2.55. The van der Waals surface area contributed by atoms with E-state index in [0.29, 0.717) is 32.6 Å². The number of aromatic nitrogens is 5. The Bertz CT molecular complexity index is 2030. The van der Waals surface area contributed by atoms with Crippen LogP contribution in [-0.4, -0.2) is 77.5 Å². The summed E-state index contributed by atoms with van der Waals surface area (Å²) in [4.78, 5) is 34.5. The first kappa shape index (κ1) is 33.5. The molecule has 11 nitrogen and oxygen atoms in total. The van der Waals surface area contributed by atoms with Gasteiger partial charge in [0, 0.05) is 58.0 Å². The second-order valence-electron chi connectivity index (χ2n) is 12.6. The molecule has 3 aromatic carbocycles. The van der Waals surface area contributed by atoms with Crippen molar-refractivity contribution < 1.29 is 18.4 Å². The fourth-order valence-electron chi connectivity index (χ4n) is 7.00. The highest BCUT2D eigenvalue weighted by atomic mass is 79.9. The Kier molecular flexibility index (Phi) is 9.47. The first-order valence-electron chi connectivity index (χ1n) is 16.4. The van der Waals surface area contributed by atoms with E-state index in [1.807, 2.05) is 65.2 Å². The summed E-state index contributed by atoms with van der Waals surface area (Å²) in [6.45, 7) is 2.90. The Balaban J connectivity index is 1.10. The van der Waals surface area contributed by atoms with Gasteiger partial charge in [0.1, 0.15) is 17.6 Å². The zero-order valence-corrected chi connectivity index (χ0v) is 29.0. The summed E-state index contributed by atoms with van der Waals surface area (Å²) < 4.78 is 31.6. The van der Waals surface area contributed by atoms with Gasteiger partial charge in [0.05, 0.1) is 34.6 Å². The van der Waals surface area contributed by atoms with Gasteiger partial charge in [0.15, 0.2) is 5.82 Å². The standard InChI is InChI=1S/C36H36BrF2N9O2/c1-44-29(11-14-41-44)30-22-46(18-17-45(30)20-23-7-3-2-4-8-23)36(50)35-25-10-6-5-9-24(25)12-16-48(35)31(49)13-15-47-21-28(42-43-47)26-19-27(38)32(37)33(39)34(26)40/h2-11,14,19,21,30,35H,12-13,15-18,20,22,40H2,1H3. The Morgan fingerprint density at radius 3 is 2.58 bits per heavy atom. The van der Waals surface area contributed by atoms with Crippen molar-refractivity contribution in [1.29, 1.82) is 0 Å². The number of nitrogens with zero attached hydrogens (tertiary/aromatic N) is 8. The third kappa shape index (κ3) is 6.52. The van der Waals surface area contributed by atoms with E-state index in [4.69, 9.17) is 5.73 Å². The van der Waals surface area contributed by atoms with Gasteiger partial charge in [-0.2, -0.15) is 5.10 Å². The van der Waals surface area contributed by atoms with E-state index >= 15 is 0 Å². The first-order valence-corrected chi connectivity index (χ1v) is 17.2. The number of carbonyl (C=O) groups excluding carboxylic acids is 2. The molecule has 2 aliphatic rings. The topological polar surface area (TPSA) is 118 Å². The van der Waals surface area contributed by atoms with Gasteiger partial charge in [-0.15, -0.1) is 5.10 Å². The second kappa shape index (κ2) is 14.1. The van der Waals surface area contributed by atoms with Crippen LogP contribution in [0.3, 0.4) is 0 Å². The maximum absolute atomic E-state index is 14.6. The van der Waals surface area contributed by atoms with Crippen molar-refractivity contribution in [3.63, 3.8) is 0 Å².